The van der Waals surface area contributed by atoms with E-state index in [-0.39, 0.29) is 11.7 Å². The molecule has 2 rings (SSSR count). The Kier molecular flexibility index (Phi) is 3.31. The van der Waals surface area contributed by atoms with Crippen molar-refractivity contribution < 1.29 is 14.0 Å². The summed E-state index contributed by atoms with van der Waals surface area (Å²) >= 11 is 0. The molecule has 0 aromatic heterocycles. The summed E-state index contributed by atoms with van der Waals surface area (Å²) in [6.07, 6.45) is 3.63. The van der Waals surface area contributed by atoms with Gasteiger partial charge in [0.05, 0.1) is 13.2 Å². The third-order valence-corrected chi connectivity index (χ3v) is 2.31. The average molecular weight is 221 g/mol. The Morgan fingerprint density at radius 2 is 2.25 bits per heavy atom. The highest BCUT2D eigenvalue weighted by molar-refractivity contribution is 5.91. The Hall–Kier alpha value is -1.68. The van der Waals surface area contributed by atoms with Crippen LogP contribution in [0.3, 0.4) is 0 Å². The average Bonchev–Trinajstić information content (AvgIpc) is 2.81. The predicted molar refractivity (Wildman–Crippen MR) is 57.7 cm³/mol. The number of benzene rings is 1. The predicted octanol–water partition coefficient (Wildman–Crippen LogP) is 2.00. The number of hydrogen-bond donors (Lipinski definition) is 0. The Morgan fingerprint density at radius 3 is 2.94 bits per heavy atom. The van der Waals surface area contributed by atoms with Gasteiger partial charge in [-0.1, -0.05) is 18.2 Å². The second kappa shape index (κ2) is 4.90. The van der Waals surface area contributed by atoms with Crippen LogP contribution in [-0.4, -0.2) is 24.1 Å². The Morgan fingerprint density at radius 1 is 1.44 bits per heavy atom. The van der Waals surface area contributed by atoms with Gasteiger partial charge in [0.15, 0.2) is 0 Å². The van der Waals surface area contributed by atoms with Crippen LogP contribution in [0.2, 0.25) is 0 Å². The van der Waals surface area contributed by atoms with Crippen molar-refractivity contribution in [2.45, 2.75) is 6.42 Å². The Bertz CT molecular complexity index is 411. The van der Waals surface area contributed by atoms with Crippen LogP contribution in [-0.2, 0) is 9.63 Å². The minimum Gasteiger partial charge on any atom is -0.271 e. The molecule has 1 aromatic carbocycles. The molecule has 1 heterocycles. The van der Waals surface area contributed by atoms with Crippen LogP contribution in [0.15, 0.2) is 30.3 Å². The molecule has 4 heteroatoms. The van der Waals surface area contributed by atoms with E-state index in [9.17, 15) is 9.18 Å². The second-order valence-corrected chi connectivity index (χ2v) is 3.48. The Balaban J connectivity index is 2.03. The molecule has 0 atom stereocenters. The summed E-state index contributed by atoms with van der Waals surface area (Å²) in [4.78, 5) is 16.6. The first kappa shape index (κ1) is 10.8. The molecule has 0 N–H and O–H groups in total. The minimum absolute atomic E-state index is 0.249. The van der Waals surface area contributed by atoms with Gasteiger partial charge in [0.25, 0.3) is 5.91 Å². The van der Waals surface area contributed by atoms with E-state index in [4.69, 9.17) is 4.84 Å². The van der Waals surface area contributed by atoms with Crippen LogP contribution in [0.1, 0.15) is 12.0 Å². The highest BCUT2D eigenvalue weighted by Crippen LogP contribution is 2.10. The summed E-state index contributed by atoms with van der Waals surface area (Å²) in [6, 6.07) is 6.30. The molecular weight excluding hydrogens is 209 g/mol. The van der Waals surface area contributed by atoms with E-state index < -0.39 is 0 Å². The van der Waals surface area contributed by atoms with Crippen LogP contribution < -0.4 is 0 Å². The Labute approximate surface area is 93.1 Å². The number of hydroxylamine groups is 2. The maximum atomic E-state index is 13.2. The topological polar surface area (TPSA) is 29.5 Å². The minimum atomic E-state index is -0.339. The molecule has 0 spiro atoms. The van der Waals surface area contributed by atoms with Crippen LogP contribution in [0.25, 0.3) is 6.08 Å². The van der Waals surface area contributed by atoms with E-state index in [2.05, 4.69) is 0 Å². The lowest BCUT2D eigenvalue weighted by Crippen LogP contribution is -2.24. The molecule has 1 amide bonds. The van der Waals surface area contributed by atoms with Crippen LogP contribution in [0.5, 0.6) is 0 Å². The van der Waals surface area contributed by atoms with E-state index in [1.165, 1.54) is 23.3 Å². The monoisotopic (exact) mass is 221 g/mol. The molecular formula is C12H12FNO2. The van der Waals surface area contributed by atoms with Crippen molar-refractivity contribution in [2.24, 2.45) is 0 Å². The number of amides is 1. The zero-order valence-electron chi connectivity index (χ0n) is 8.73. The molecule has 1 saturated heterocycles. The fourth-order valence-electron chi connectivity index (χ4n) is 1.48. The maximum absolute atomic E-state index is 13.2. The smallest absolute Gasteiger partial charge is 0.270 e. The molecule has 0 radical (unpaired) electrons. The van der Waals surface area contributed by atoms with Gasteiger partial charge in [-0.15, -0.1) is 0 Å². The lowest BCUT2D eigenvalue weighted by atomic mass is 10.2. The van der Waals surface area contributed by atoms with Gasteiger partial charge in [-0.25, -0.2) is 9.45 Å². The molecule has 0 unspecified atom stereocenters. The van der Waals surface area contributed by atoms with Crippen molar-refractivity contribution in [1.82, 2.24) is 5.06 Å². The number of carbonyl (C=O) groups is 1. The summed E-state index contributed by atoms with van der Waals surface area (Å²) in [6.45, 7) is 1.17. The van der Waals surface area contributed by atoms with Crippen molar-refractivity contribution in [3.63, 3.8) is 0 Å². The van der Waals surface area contributed by atoms with Crippen molar-refractivity contribution in [3.8, 4) is 0 Å². The number of hydrogen-bond acceptors (Lipinski definition) is 2. The summed E-state index contributed by atoms with van der Waals surface area (Å²) in [7, 11) is 0. The highest BCUT2D eigenvalue weighted by atomic mass is 19.1. The van der Waals surface area contributed by atoms with E-state index >= 15 is 0 Å². The number of nitrogens with zero attached hydrogens (tertiary/aromatic N) is 1. The van der Waals surface area contributed by atoms with Gasteiger partial charge in [-0.05, 0) is 18.6 Å². The summed E-state index contributed by atoms with van der Waals surface area (Å²) in [5, 5.41) is 1.29. The van der Waals surface area contributed by atoms with Crippen molar-refractivity contribution in [2.75, 3.05) is 13.2 Å². The first-order chi connectivity index (χ1) is 7.77. The maximum Gasteiger partial charge on any atom is 0.270 e. The largest absolute Gasteiger partial charge is 0.271 e. The SMILES string of the molecule is O=C(/C=C/c1ccccc1F)N1CCCO1. The van der Waals surface area contributed by atoms with Gasteiger partial charge in [0.2, 0.25) is 0 Å². The van der Waals surface area contributed by atoms with Gasteiger partial charge in [-0.2, -0.15) is 0 Å². The van der Waals surface area contributed by atoms with E-state index in [1.54, 1.807) is 18.2 Å². The molecule has 84 valence electrons. The lowest BCUT2D eigenvalue weighted by molar-refractivity contribution is -0.162. The third-order valence-electron chi connectivity index (χ3n) is 2.31. The quantitative estimate of drug-likeness (QED) is 0.715. The van der Waals surface area contributed by atoms with Crippen LogP contribution in [0, 0.1) is 5.82 Å². The third kappa shape index (κ3) is 2.46. The zero-order valence-corrected chi connectivity index (χ0v) is 8.73. The summed E-state index contributed by atoms with van der Waals surface area (Å²) < 4.78 is 13.2. The first-order valence-corrected chi connectivity index (χ1v) is 5.14. The fourth-order valence-corrected chi connectivity index (χ4v) is 1.48. The molecule has 1 aromatic rings. The lowest BCUT2D eigenvalue weighted by Gasteiger charge is -2.10. The second-order valence-electron chi connectivity index (χ2n) is 3.48. The zero-order chi connectivity index (χ0) is 11.4. The molecule has 1 aliphatic rings. The van der Waals surface area contributed by atoms with Crippen molar-refractivity contribution in [1.29, 1.82) is 0 Å². The van der Waals surface area contributed by atoms with E-state index in [1.807, 2.05) is 0 Å². The van der Waals surface area contributed by atoms with Crippen molar-refractivity contribution >= 4 is 12.0 Å². The van der Waals surface area contributed by atoms with Gasteiger partial charge in [0, 0.05) is 11.6 Å². The summed E-state index contributed by atoms with van der Waals surface area (Å²) in [5.41, 5.74) is 0.398. The van der Waals surface area contributed by atoms with E-state index in [0.29, 0.717) is 18.7 Å². The highest BCUT2D eigenvalue weighted by Gasteiger charge is 2.16. The fraction of sp³-hybridized carbons (Fsp3) is 0.250. The number of carbonyl (C=O) groups excluding carboxylic acids is 1. The molecule has 1 aliphatic heterocycles. The summed E-state index contributed by atoms with van der Waals surface area (Å²) in [5.74, 6) is -0.588. The molecule has 0 saturated carbocycles. The number of halogens is 1. The van der Waals surface area contributed by atoms with Crippen LogP contribution >= 0.6 is 0 Å². The van der Waals surface area contributed by atoms with Gasteiger partial charge < -0.3 is 0 Å². The normalized spacial score (nSPS) is 15.9. The molecule has 0 aliphatic carbocycles. The molecule has 1 fully saturated rings. The van der Waals surface area contributed by atoms with Gasteiger partial charge in [0.1, 0.15) is 5.82 Å². The first-order valence-electron chi connectivity index (χ1n) is 5.14. The standard InChI is InChI=1S/C12H12FNO2/c13-11-5-2-1-4-10(11)6-7-12(15)14-8-3-9-16-14/h1-2,4-7H,3,8-9H2/b7-6+. The molecule has 16 heavy (non-hydrogen) atoms. The van der Waals surface area contributed by atoms with Crippen molar-refractivity contribution in [3.05, 3.63) is 41.7 Å². The van der Waals surface area contributed by atoms with Crippen LogP contribution in [0.4, 0.5) is 4.39 Å². The van der Waals surface area contributed by atoms with E-state index in [0.717, 1.165) is 6.42 Å². The molecule has 0 bridgehead atoms. The van der Waals surface area contributed by atoms with Gasteiger partial charge >= 0.3 is 0 Å². The number of rotatable bonds is 2. The molecule has 3 nitrogen and oxygen atoms in total. The van der Waals surface area contributed by atoms with Gasteiger partial charge in [-0.3, -0.25) is 9.63 Å².